The fourth-order valence-electron chi connectivity index (χ4n) is 2.98. The zero-order chi connectivity index (χ0) is 17.2. The van der Waals surface area contributed by atoms with Crippen LogP contribution in [0, 0.1) is 6.92 Å². The van der Waals surface area contributed by atoms with Crippen LogP contribution >= 0.6 is 11.3 Å². The number of aromatic nitrogens is 1. The Kier molecular flexibility index (Phi) is 4.24. The van der Waals surface area contributed by atoms with Crippen molar-refractivity contribution in [3.8, 4) is 5.75 Å². The van der Waals surface area contributed by atoms with Gasteiger partial charge in [0.25, 0.3) is 5.91 Å². The second-order valence-electron chi connectivity index (χ2n) is 6.21. The van der Waals surface area contributed by atoms with Gasteiger partial charge in [-0.05, 0) is 24.1 Å². The van der Waals surface area contributed by atoms with E-state index >= 15 is 0 Å². The molecule has 1 aliphatic rings. The standard InChI is InChI=1S/C20H18N2O2S/c1-13-5-4-6-14(9-13)10-16-12-21-20(25-16)22-19(23)18-11-15-7-2-3-8-17(15)24-18/h2-9,12,18H,10-11H2,1H3,(H,21,22,23)/t18-/m0/s1. The van der Waals surface area contributed by atoms with Gasteiger partial charge in [-0.1, -0.05) is 48.0 Å². The number of benzene rings is 2. The number of aryl methyl sites for hydroxylation is 1. The highest BCUT2D eigenvalue weighted by molar-refractivity contribution is 7.15. The molecule has 1 aliphatic heterocycles. The Morgan fingerprint density at radius 2 is 2.16 bits per heavy atom. The van der Waals surface area contributed by atoms with Gasteiger partial charge in [-0.15, -0.1) is 11.3 Å². The first-order valence-electron chi connectivity index (χ1n) is 8.23. The fourth-order valence-corrected chi connectivity index (χ4v) is 3.83. The third-order valence-corrected chi connectivity index (χ3v) is 5.10. The summed E-state index contributed by atoms with van der Waals surface area (Å²) < 4.78 is 5.72. The lowest BCUT2D eigenvalue weighted by Gasteiger charge is -2.09. The smallest absolute Gasteiger partial charge is 0.267 e. The summed E-state index contributed by atoms with van der Waals surface area (Å²) >= 11 is 1.51. The van der Waals surface area contributed by atoms with Crippen LogP contribution < -0.4 is 10.1 Å². The highest BCUT2D eigenvalue weighted by Gasteiger charge is 2.29. The van der Waals surface area contributed by atoms with E-state index < -0.39 is 6.10 Å². The number of carbonyl (C=O) groups excluding carboxylic acids is 1. The monoisotopic (exact) mass is 350 g/mol. The van der Waals surface area contributed by atoms with Gasteiger partial charge in [0.2, 0.25) is 0 Å². The van der Waals surface area contributed by atoms with Crippen LogP contribution in [0.1, 0.15) is 21.6 Å². The van der Waals surface area contributed by atoms with Crippen molar-refractivity contribution >= 4 is 22.4 Å². The maximum Gasteiger partial charge on any atom is 0.267 e. The van der Waals surface area contributed by atoms with Gasteiger partial charge in [0.1, 0.15) is 5.75 Å². The van der Waals surface area contributed by atoms with Gasteiger partial charge in [0.05, 0.1) is 0 Å². The number of amides is 1. The predicted octanol–water partition coefficient (Wildman–Crippen LogP) is 3.98. The van der Waals surface area contributed by atoms with E-state index in [4.69, 9.17) is 4.74 Å². The van der Waals surface area contributed by atoms with Crippen molar-refractivity contribution in [1.29, 1.82) is 0 Å². The SMILES string of the molecule is Cc1cccc(Cc2cnc(NC(=O)[C@@H]3Cc4ccccc4O3)s2)c1. The molecule has 0 radical (unpaired) electrons. The number of rotatable bonds is 4. The molecule has 1 N–H and O–H groups in total. The molecular weight excluding hydrogens is 332 g/mol. The maximum absolute atomic E-state index is 12.4. The Balaban J connectivity index is 1.39. The van der Waals surface area contributed by atoms with Gasteiger partial charge in [0, 0.05) is 23.9 Å². The number of ether oxygens (including phenoxy) is 1. The second-order valence-corrected chi connectivity index (χ2v) is 7.32. The lowest BCUT2D eigenvalue weighted by atomic mass is 10.1. The molecule has 1 amide bonds. The molecule has 4 nitrogen and oxygen atoms in total. The van der Waals surface area contributed by atoms with Crippen LogP contribution in [0.5, 0.6) is 5.75 Å². The van der Waals surface area contributed by atoms with Crippen LogP contribution in [0.2, 0.25) is 0 Å². The summed E-state index contributed by atoms with van der Waals surface area (Å²) in [5.74, 6) is 0.648. The Hall–Kier alpha value is -2.66. The number of nitrogens with one attached hydrogen (secondary N) is 1. The number of para-hydroxylation sites is 1. The summed E-state index contributed by atoms with van der Waals surface area (Å²) in [6, 6.07) is 16.2. The summed E-state index contributed by atoms with van der Waals surface area (Å²) in [7, 11) is 0. The number of anilines is 1. The lowest BCUT2D eigenvalue weighted by Crippen LogP contribution is -2.31. The van der Waals surface area contributed by atoms with Crippen molar-refractivity contribution in [3.63, 3.8) is 0 Å². The average Bonchev–Trinajstić information content (AvgIpc) is 3.21. The van der Waals surface area contributed by atoms with E-state index in [0.717, 1.165) is 22.6 Å². The highest BCUT2D eigenvalue weighted by atomic mass is 32.1. The Morgan fingerprint density at radius 3 is 3.00 bits per heavy atom. The van der Waals surface area contributed by atoms with Crippen LogP contribution in [0.25, 0.3) is 0 Å². The van der Waals surface area contributed by atoms with Crippen LogP contribution in [0.15, 0.2) is 54.7 Å². The van der Waals surface area contributed by atoms with Gasteiger partial charge < -0.3 is 4.74 Å². The Morgan fingerprint density at radius 1 is 1.28 bits per heavy atom. The molecule has 0 saturated carbocycles. The van der Waals surface area contributed by atoms with Gasteiger partial charge in [-0.2, -0.15) is 0 Å². The summed E-state index contributed by atoms with van der Waals surface area (Å²) in [4.78, 5) is 17.9. The Labute approximate surface area is 150 Å². The van der Waals surface area contributed by atoms with Crippen molar-refractivity contribution in [3.05, 3.63) is 76.3 Å². The summed E-state index contributed by atoms with van der Waals surface area (Å²) in [6.07, 6.45) is 2.76. The Bertz CT molecular complexity index is 894. The number of thiazole rings is 1. The number of hydrogen-bond acceptors (Lipinski definition) is 4. The van der Waals surface area contributed by atoms with Crippen molar-refractivity contribution in [2.24, 2.45) is 0 Å². The minimum absolute atomic E-state index is 0.146. The molecule has 2 heterocycles. The molecule has 126 valence electrons. The van der Waals surface area contributed by atoms with E-state index in [1.54, 1.807) is 0 Å². The molecule has 1 atom stereocenters. The molecule has 1 aromatic heterocycles. The largest absolute Gasteiger partial charge is 0.480 e. The molecule has 0 aliphatic carbocycles. The van der Waals surface area contributed by atoms with Gasteiger partial charge in [-0.25, -0.2) is 4.98 Å². The normalized spacial score (nSPS) is 15.5. The van der Waals surface area contributed by atoms with Crippen molar-refractivity contribution in [1.82, 2.24) is 4.98 Å². The molecule has 3 aromatic rings. The van der Waals surface area contributed by atoms with E-state index in [-0.39, 0.29) is 5.91 Å². The minimum atomic E-state index is -0.485. The molecule has 0 spiro atoms. The van der Waals surface area contributed by atoms with Crippen LogP contribution in [0.4, 0.5) is 5.13 Å². The first-order valence-corrected chi connectivity index (χ1v) is 9.05. The van der Waals surface area contributed by atoms with Gasteiger partial charge in [-0.3, -0.25) is 10.1 Å². The highest BCUT2D eigenvalue weighted by Crippen LogP contribution is 2.29. The summed E-state index contributed by atoms with van der Waals surface area (Å²) in [5, 5.41) is 3.50. The first-order chi connectivity index (χ1) is 12.2. The molecule has 0 saturated heterocycles. The van der Waals surface area contributed by atoms with Crippen LogP contribution in [0.3, 0.4) is 0 Å². The van der Waals surface area contributed by atoms with E-state index in [2.05, 4.69) is 41.5 Å². The molecule has 0 unspecified atom stereocenters. The van der Waals surface area contributed by atoms with E-state index in [9.17, 15) is 4.79 Å². The van der Waals surface area contributed by atoms with Crippen molar-refractivity contribution < 1.29 is 9.53 Å². The molecule has 25 heavy (non-hydrogen) atoms. The number of fused-ring (bicyclic) bond motifs is 1. The molecule has 4 rings (SSSR count). The minimum Gasteiger partial charge on any atom is -0.480 e. The van der Waals surface area contributed by atoms with Gasteiger partial charge in [0.15, 0.2) is 11.2 Å². The molecule has 2 aromatic carbocycles. The van der Waals surface area contributed by atoms with Crippen molar-refractivity contribution in [2.45, 2.75) is 25.9 Å². The molecule has 5 heteroatoms. The van der Waals surface area contributed by atoms with Gasteiger partial charge >= 0.3 is 0 Å². The number of hydrogen-bond donors (Lipinski definition) is 1. The fraction of sp³-hybridized carbons (Fsp3) is 0.200. The quantitative estimate of drug-likeness (QED) is 0.774. The summed E-state index contributed by atoms with van der Waals surface area (Å²) in [5.41, 5.74) is 3.56. The molecular formula is C20H18N2O2S. The third kappa shape index (κ3) is 3.56. The van der Waals surface area contributed by atoms with Crippen LogP contribution in [-0.2, 0) is 17.6 Å². The number of nitrogens with zero attached hydrogens (tertiary/aromatic N) is 1. The van der Waals surface area contributed by atoms with E-state index in [1.165, 1.54) is 22.5 Å². The zero-order valence-electron chi connectivity index (χ0n) is 13.9. The second kappa shape index (κ2) is 6.69. The topological polar surface area (TPSA) is 51.2 Å². The third-order valence-electron chi connectivity index (χ3n) is 4.18. The van der Waals surface area contributed by atoms with Crippen molar-refractivity contribution in [2.75, 3.05) is 5.32 Å². The van der Waals surface area contributed by atoms with E-state index in [0.29, 0.717) is 11.6 Å². The molecule has 0 fully saturated rings. The lowest BCUT2D eigenvalue weighted by molar-refractivity contribution is -0.122. The number of carbonyl (C=O) groups is 1. The van der Waals surface area contributed by atoms with Crippen LogP contribution in [-0.4, -0.2) is 17.0 Å². The van der Waals surface area contributed by atoms with E-state index in [1.807, 2.05) is 30.5 Å². The molecule has 0 bridgehead atoms. The predicted molar refractivity (Wildman–Crippen MR) is 99.3 cm³/mol. The maximum atomic E-state index is 12.4. The summed E-state index contributed by atoms with van der Waals surface area (Å²) in [6.45, 7) is 2.08. The average molecular weight is 350 g/mol. The zero-order valence-corrected chi connectivity index (χ0v) is 14.7. The first kappa shape index (κ1) is 15.8.